The first-order valence-electron chi connectivity index (χ1n) is 14.5. The van der Waals surface area contributed by atoms with E-state index >= 15 is 0 Å². The molecule has 13 heteroatoms. The summed E-state index contributed by atoms with van der Waals surface area (Å²) in [6.07, 6.45) is -7.38. The number of para-hydroxylation sites is 1. The number of anilines is 3. The summed E-state index contributed by atoms with van der Waals surface area (Å²) in [6, 6.07) is 17.7. The highest BCUT2D eigenvalue weighted by atomic mass is 35.5. The van der Waals surface area contributed by atoms with Crippen LogP contribution in [0.2, 0.25) is 5.02 Å². The van der Waals surface area contributed by atoms with E-state index in [2.05, 4.69) is 10.3 Å². The van der Waals surface area contributed by atoms with Crippen LogP contribution in [0.15, 0.2) is 79.0 Å². The number of alkyl halides is 6. The van der Waals surface area contributed by atoms with Crippen molar-refractivity contribution >= 4 is 34.7 Å². The lowest BCUT2D eigenvalue weighted by Crippen LogP contribution is -2.49. The van der Waals surface area contributed by atoms with Crippen molar-refractivity contribution in [2.24, 2.45) is 0 Å². The zero-order valence-electron chi connectivity index (χ0n) is 24.3. The van der Waals surface area contributed by atoms with Crippen LogP contribution in [0.1, 0.15) is 27.0 Å². The van der Waals surface area contributed by atoms with E-state index in [0.717, 1.165) is 12.1 Å². The average Bonchev–Trinajstić information content (AvgIpc) is 3.03. The topological polar surface area (TPSA) is 51.7 Å². The molecule has 0 atom stereocenters. The van der Waals surface area contributed by atoms with Gasteiger partial charge in [-0.3, -0.25) is 4.79 Å². The molecule has 1 saturated heterocycles. The predicted molar refractivity (Wildman–Crippen MR) is 165 cm³/mol. The lowest BCUT2D eigenvalue weighted by Gasteiger charge is -2.37. The number of fused-ring (bicyclic) bond motifs is 1. The van der Waals surface area contributed by atoms with Gasteiger partial charge in [-0.1, -0.05) is 35.9 Å². The molecule has 6 rings (SSSR count). The Morgan fingerprint density at radius 3 is 2.26 bits per heavy atom. The third kappa shape index (κ3) is 6.57. The summed E-state index contributed by atoms with van der Waals surface area (Å²) < 4.78 is 81.9. The second-order valence-corrected chi connectivity index (χ2v) is 11.6. The summed E-state index contributed by atoms with van der Waals surface area (Å²) >= 11 is 6.06. The van der Waals surface area contributed by atoms with Crippen LogP contribution in [0.3, 0.4) is 0 Å². The van der Waals surface area contributed by atoms with E-state index < -0.39 is 23.5 Å². The molecule has 0 spiro atoms. The molecule has 0 radical (unpaired) electrons. The Kier molecular flexibility index (Phi) is 8.49. The van der Waals surface area contributed by atoms with Gasteiger partial charge in [0.2, 0.25) is 0 Å². The van der Waals surface area contributed by atoms with Gasteiger partial charge in [0.25, 0.3) is 5.91 Å². The van der Waals surface area contributed by atoms with Gasteiger partial charge in [-0.05, 0) is 59.7 Å². The van der Waals surface area contributed by atoms with Crippen LogP contribution in [0.25, 0.3) is 11.1 Å². The van der Waals surface area contributed by atoms with Crippen molar-refractivity contribution in [1.29, 1.82) is 0 Å². The summed E-state index contributed by atoms with van der Waals surface area (Å²) in [6.45, 7) is 1.88. The normalized spacial score (nSPS) is 15.4. The van der Waals surface area contributed by atoms with Gasteiger partial charge in [-0.25, -0.2) is 4.98 Å². The van der Waals surface area contributed by atoms with Crippen LogP contribution in [-0.2, 0) is 18.9 Å². The molecule has 3 heterocycles. The molecule has 4 aromatic rings. The quantitative estimate of drug-likeness (QED) is 0.221. The Morgan fingerprint density at radius 2 is 1.52 bits per heavy atom. The van der Waals surface area contributed by atoms with Gasteiger partial charge in [0.1, 0.15) is 5.82 Å². The van der Waals surface area contributed by atoms with Gasteiger partial charge in [-0.2, -0.15) is 26.3 Å². The number of carbonyl (C=O) groups excluding carboxylic acids is 1. The summed E-state index contributed by atoms with van der Waals surface area (Å²) in [4.78, 5) is 23.1. The first kappa shape index (κ1) is 31.5. The Bertz CT molecular complexity index is 1750. The number of nitrogens with zero attached hydrogens (tertiary/aromatic N) is 4. The van der Waals surface area contributed by atoms with Gasteiger partial charge in [-0.15, -0.1) is 0 Å². The molecular formula is C33H28ClF6N5O. The smallest absolute Gasteiger partial charge is 0.367 e. The fourth-order valence-electron chi connectivity index (χ4n) is 5.91. The van der Waals surface area contributed by atoms with Crippen LogP contribution < -0.4 is 15.1 Å². The number of nitrogens with one attached hydrogen (secondary N) is 1. The molecule has 1 aromatic heterocycles. The average molecular weight is 660 g/mol. The van der Waals surface area contributed by atoms with Crippen molar-refractivity contribution in [2.45, 2.75) is 18.9 Å². The van der Waals surface area contributed by atoms with Crippen LogP contribution in [0, 0.1) is 0 Å². The number of hydrogen-bond donors (Lipinski definition) is 1. The molecule has 0 aliphatic carbocycles. The summed E-state index contributed by atoms with van der Waals surface area (Å²) in [5.74, 6) is 0.281. The Hall–Kier alpha value is -4.45. The van der Waals surface area contributed by atoms with Gasteiger partial charge >= 0.3 is 12.4 Å². The Labute approximate surface area is 266 Å². The van der Waals surface area contributed by atoms with Gasteiger partial charge in [0.05, 0.1) is 16.8 Å². The van der Waals surface area contributed by atoms with Gasteiger partial charge in [0, 0.05) is 73.8 Å². The number of pyridine rings is 1. The molecule has 0 bridgehead atoms. The molecule has 1 fully saturated rings. The van der Waals surface area contributed by atoms with Crippen molar-refractivity contribution in [3.05, 3.63) is 106 Å². The van der Waals surface area contributed by atoms with E-state index in [1.807, 2.05) is 17.0 Å². The standard InChI is InChI=1S/C33H28ClF6N5O/c34-25-8-9-26(32(35,36)37)24(17-25)20-45-11-10-41-30-29(45)18-23(19-42-30)21-4-3-5-22(16-21)31(46)44-14-12-43(13-15-44)28-7-2-1-6-27(28)33(38,39)40/h1-9,16-19H,10-15,20H2,(H,41,42). The number of hydrogen-bond acceptors (Lipinski definition) is 5. The van der Waals surface area contributed by atoms with E-state index in [4.69, 9.17) is 11.6 Å². The monoisotopic (exact) mass is 659 g/mol. The largest absolute Gasteiger partial charge is 0.418 e. The van der Waals surface area contributed by atoms with Gasteiger partial charge < -0.3 is 20.0 Å². The van der Waals surface area contributed by atoms with E-state index in [0.29, 0.717) is 41.3 Å². The third-order valence-corrected chi connectivity index (χ3v) is 8.41. The zero-order chi connectivity index (χ0) is 32.6. The summed E-state index contributed by atoms with van der Waals surface area (Å²) in [5.41, 5.74) is 1.05. The predicted octanol–water partition coefficient (Wildman–Crippen LogP) is 7.83. The zero-order valence-corrected chi connectivity index (χ0v) is 25.1. The van der Waals surface area contributed by atoms with Crippen LogP contribution >= 0.6 is 11.6 Å². The first-order chi connectivity index (χ1) is 21.9. The number of aromatic nitrogens is 1. The first-order valence-corrected chi connectivity index (χ1v) is 14.9. The molecule has 0 unspecified atom stereocenters. The van der Waals surface area contributed by atoms with Gasteiger partial charge in [0.15, 0.2) is 0 Å². The lowest BCUT2D eigenvalue weighted by atomic mass is 10.0. The second kappa shape index (κ2) is 12.4. The maximum atomic E-state index is 13.7. The molecule has 3 aromatic carbocycles. The molecule has 46 heavy (non-hydrogen) atoms. The molecule has 2 aliphatic rings. The minimum atomic E-state index is -4.54. The van der Waals surface area contributed by atoms with E-state index in [1.54, 1.807) is 40.3 Å². The van der Waals surface area contributed by atoms with E-state index in [9.17, 15) is 31.1 Å². The molecule has 6 nitrogen and oxygen atoms in total. The number of rotatable bonds is 5. The fraction of sp³-hybridized carbons (Fsp3) is 0.273. The third-order valence-electron chi connectivity index (χ3n) is 8.18. The van der Waals surface area contributed by atoms with Crippen LogP contribution in [0.5, 0.6) is 0 Å². The molecule has 1 amide bonds. The molecule has 2 aliphatic heterocycles. The number of halogens is 7. The lowest BCUT2D eigenvalue weighted by molar-refractivity contribution is -0.138. The highest BCUT2D eigenvalue weighted by Crippen LogP contribution is 2.38. The minimum absolute atomic E-state index is 0.0346. The maximum Gasteiger partial charge on any atom is 0.418 e. The summed E-state index contributed by atoms with van der Waals surface area (Å²) in [5, 5.41) is 3.39. The maximum absolute atomic E-state index is 13.7. The number of piperazine rings is 1. The second-order valence-electron chi connectivity index (χ2n) is 11.1. The van der Waals surface area contributed by atoms with Crippen molar-refractivity contribution in [1.82, 2.24) is 9.88 Å². The number of benzene rings is 3. The molecule has 0 saturated carbocycles. The van der Waals surface area contributed by atoms with E-state index in [1.165, 1.54) is 24.3 Å². The van der Waals surface area contributed by atoms with Crippen LogP contribution in [-0.4, -0.2) is 55.1 Å². The van der Waals surface area contributed by atoms with Crippen molar-refractivity contribution < 1.29 is 31.1 Å². The number of amides is 1. The van der Waals surface area contributed by atoms with Crippen molar-refractivity contribution in [2.75, 3.05) is 54.4 Å². The molecule has 240 valence electrons. The Balaban J connectivity index is 1.20. The van der Waals surface area contributed by atoms with Crippen molar-refractivity contribution in [3.63, 3.8) is 0 Å². The highest BCUT2D eigenvalue weighted by Gasteiger charge is 2.36. The SMILES string of the molecule is O=C(c1cccc(-c2cnc3c(c2)N(Cc2cc(Cl)ccc2C(F)(F)F)CCN3)c1)N1CCN(c2ccccc2C(F)(F)F)CC1. The summed E-state index contributed by atoms with van der Waals surface area (Å²) in [7, 11) is 0. The van der Waals surface area contributed by atoms with Crippen LogP contribution in [0.4, 0.5) is 43.5 Å². The van der Waals surface area contributed by atoms with E-state index in [-0.39, 0.29) is 54.9 Å². The fourth-order valence-corrected chi connectivity index (χ4v) is 6.11. The molecule has 1 N–H and O–H groups in total. The molecular weight excluding hydrogens is 632 g/mol. The van der Waals surface area contributed by atoms with Crippen molar-refractivity contribution in [3.8, 4) is 11.1 Å². The Morgan fingerprint density at radius 1 is 0.783 bits per heavy atom. The highest BCUT2D eigenvalue weighted by molar-refractivity contribution is 6.30. The minimum Gasteiger partial charge on any atom is -0.367 e. The number of carbonyl (C=O) groups is 1.